The fraction of sp³-hybridized carbons (Fsp3) is 0.625. The van der Waals surface area contributed by atoms with E-state index >= 15 is 0 Å². The van der Waals surface area contributed by atoms with Crippen molar-refractivity contribution in [2.45, 2.75) is 13.8 Å². The molecule has 0 aromatic heterocycles. The van der Waals surface area contributed by atoms with Crippen molar-refractivity contribution in [1.82, 2.24) is 4.90 Å². The molecule has 0 saturated heterocycles. The van der Waals surface area contributed by atoms with Gasteiger partial charge in [0.15, 0.2) is 0 Å². The van der Waals surface area contributed by atoms with Gasteiger partial charge in [-0.2, -0.15) is 9.59 Å². The molecular formula is C8H13NO6. The maximum absolute atomic E-state index is 10.9. The zero-order valence-corrected chi connectivity index (χ0v) is 8.81. The van der Waals surface area contributed by atoms with Gasteiger partial charge in [0.1, 0.15) is 0 Å². The van der Waals surface area contributed by atoms with Gasteiger partial charge in [0.05, 0.1) is 0 Å². The van der Waals surface area contributed by atoms with Crippen LogP contribution in [0.4, 0.5) is 4.79 Å². The molecule has 0 aliphatic carbocycles. The Bertz CT molecular complexity index is 233. The lowest BCUT2D eigenvalue weighted by Gasteiger charge is -2.13. The first-order valence-electron chi connectivity index (χ1n) is 4.00. The summed E-state index contributed by atoms with van der Waals surface area (Å²) in [6.07, 6.45) is -0.251. The first-order chi connectivity index (χ1) is 6.99. The fourth-order valence-corrected chi connectivity index (χ4v) is 0.402. The van der Waals surface area contributed by atoms with Crippen LogP contribution in [0, 0.1) is 0 Å². The van der Waals surface area contributed by atoms with Gasteiger partial charge >= 0.3 is 18.2 Å². The molecular weight excluding hydrogens is 206 g/mol. The summed E-state index contributed by atoms with van der Waals surface area (Å²) in [6.45, 7) is 3.29. The Hall–Kier alpha value is -1.88. The molecule has 15 heavy (non-hydrogen) atoms. The summed E-state index contributed by atoms with van der Waals surface area (Å²) in [5.74, 6) is -0.470. The second-order valence-corrected chi connectivity index (χ2v) is 2.26. The minimum atomic E-state index is -0.501. The molecule has 0 fully saturated rings. The third-order valence-corrected chi connectivity index (χ3v) is 1.23. The highest BCUT2D eigenvalue weighted by Crippen LogP contribution is 1.89. The van der Waals surface area contributed by atoms with Crippen molar-refractivity contribution >= 4 is 18.2 Å². The summed E-state index contributed by atoms with van der Waals surface area (Å²) in [5.41, 5.74) is 0. The Kier molecular flexibility index (Phi) is 10.6. The van der Waals surface area contributed by atoms with Crippen LogP contribution in [0.2, 0.25) is 0 Å². The second-order valence-electron chi connectivity index (χ2n) is 2.26. The Morgan fingerprint density at radius 1 is 1.27 bits per heavy atom. The van der Waals surface area contributed by atoms with Crippen molar-refractivity contribution in [1.29, 1.82) is 0 Å². The fourth-order valence-electron chi connectivity index (χ4n) is 0.402. The minimum absolute atomic E-state index is 0.250. The Balaban J connectivity index is 0. The first-order valence-corrected chi connectivity index (χ1v) is 4.00. The highest BCUT2D eigenvalue weighted by Gasteiger charge is 2.06. The van der Waals surface area contributed by atoms with Gasteiger partial charge < -0.3 is 14.4 Å². The molecule has 0 saturated carbocycles. The van der Waals surface area contributed by atoms with E-state index in [0.717, 1.165) is 0 Å². The molecule has 0 aliphatic rings. The van der Waals surface area contributed by atoms with Gasteiger partial charge in [-0.3, -0.25) is 4.79 Å². The largest absolute Gasteiger partial charge is 0.428 e. The quantitative estimate of drug-likeness (QED) is 0.490. The third-order valence-electron chi connectivity index (χ3n) is 1.23. The minimum Gasteiger partial charge on any atom is -0.428 e. The van der Waals surface area contributed by atoms with Crippen LogP contribution in [-0.4, -0.2) is 43.5 Å². The van der Waals surface area contributed by atoms with E-state index in [1.54, 1.807) is 7.05 Å². The highest BCUT2D eigenvalue weighted by molar-refractivity contribution is 5.68. The lowest BCUT2D eigenvalue weighted by atomic mass is 10.7. The van der Waals surface area contributed by atoms with E-state index in [1.165, 1.54) is 11.8 Å². The normalized spacial score (nSPS) is 7.67. The number of esters is 1. The molecule has 0 bridgehead atoms. The Labute approximate surface area is 86.9 Å². The molecule has 0 spiro atoms. The van der Waals surface area contributed by atoms with Crippen LogP contribution >= 0.6 is 0 Å². The predicted octanol–water partition coefficient (Wildman–Crippen LogP) is 0.0118. The average Bonchev–Trinajstić information content (AvgIpc) is 2.17. The molecule has 0 aliphatic heterocycles. The third kappa shape index (κ3) is 12.1. The van der Waals surface area contributed by atoms with Crippen LogP contribution in [0.25, 0.3) is 0 Å². The lowest BCUT2D eigenvalue weighted by molar-refractivity contribution is -0.191. The predicted molar refractivity (Wildman–Crippen MR) is 46.4 cm³/mol. The molecule has 7 nitrogen and oxygen atoms in total. The lowest BCUT2D eigenvalue weighted by Crippen LogP contribution is -2.28. The van der Waals surface area contributed by atoms with Crippen molar-refractivity contribution in [2.75, 3.05) is 20.4 Å². The van der Waals surface area contributed by atoms with E-state index in [9.17, 15) is 9.59 Å². The monoisotopic (exact) mass is 219 g/mol. The topological polar surface area (TPSA) is 90.0 Å². The molecule has 0 aromatic rings. The summed E-state index contributed by atoms with van der Waals surface area (Å²) >= 11 is 0. The number of amides is 1. The standard InChI is InChI=1S/C7H13NO4.CO2/c1-4-8(3)7(10)12-5-11-6(2)9;2-1-3/h4-5H2,1-3H3;. The van der Waals surface area contributed by atoms with E-state index in [-0.39, 0.29) is 12.9 Å². The summed E-state index contributed by atoms with van der Waals surface area (Å²) in [7, 11) is 1.59. The summed E-state index contributed by atoms with van der Waals surface area (Å²) in [6, 6.07) is 0. The first kappa shape index (κ1) is 15.6. The number of rotatable bonds is 3. The van der Waals surface area contributed by atoms with Gasteiger partial charge in [0, 0.05) is 20.5 Å². The van der Waals surface area contributed by atoms with E-state index in [4.69, 9.17) is 9.59 Å². The van der Waals surface area contributed by atoms with E-state index < -0.39 is 12.1 Å². The average molecular weight is 219 g/mol. The number of hydrogen-bond donors (Lipinski definition) is 0. The van der Waals surface area contributed by atoms with E-state index in [0.29, 0.717) is 6.54 Å². The maximum Gasteiger partial charge on any atom is 0.412 e. The number of hydrogen-bond acceptors (Lipinski definition) is 6. The van der Waals surface area contributed by atoms with Gasteiger partial charge in [-0.05, 0) is 6.92 Å². The van der Waals surface area contributed by atoms with E-state index in [1.807, 2.05) is 6.92 Å². The van der Waals surface area contributed by atoms with Gasteiger partial charge in [0.25, 0.3) is 0 Å². The SMILES string of the molecule is CCN(C)C(=O)OCOC(C)=O.O=C=O. The molecule has 0 rings (SSSR count). The molecule has 1 amide bonds. The molecule has 0 unspecified atom stereocenters. The number of ether oxygens (including phenoxy) is 2. The summed E-state index contributed by atoms with van der Waals surface area (Å²) in [4.78, 5) is 38.7. The van der Waals surface area contributed by atoms with Crippen LogP contribution in [0.5, 0.6) is 0 Å². The van der Waals surface area contributed by atoms with Crippen molar-refractivity contribution < 1.29 is 28.7 Å². The molecule has 7 heteroatoms. The number of carbonyl (C=O) groups is 2. The van der Waals surface area contributed by atoms with Crippen LogP contribution in [0.15, 0.2) is 0 Å². The van der Waals surface area contributed by atoms with Crippen molar-refractivity contribution in [3.63, 3.8) is 0 Å². The van der Waals surface area contributed by atoms with Crippen molar-refractivity contribution in [2.24, 2.45) is 0 Å². The highest BCUT2D eigenvalue weighted by atomic mass is 16.7. The number of nitrogens with zero attached hydrogens (tertiary/aromatic N) is 1. The van der Waals surface area contributed by atoms with Gasteiger partial charge in [-0.1, -0.05) is 0 Å². The smallest absolute Gasteiger partial charge is 0.412 e. The summed E-state index contributed by atoms with van der Waals surface area (Å²) < 4.78 is 8.95. The molecule has 0 aromatic carbocycles. The maximum atomic E-state index is 10.9. The molecule has 86 valence electrons. The summed E-state index contributed by atoms with van der Waals surface area (Å²) in [5, 5.41) is 0. The van der Waals surface area contributed by atoms with Gasteiger partial charge in [-0.15, -0.1) is 0 Å². The van der Waals surface area contributed by atoms with Crippen LogP contribution in [0.1, 0.15) is 13.8 Å². The molecule has 0 atom stereocenters. The number of carbonyl (C=O) groups excluding carboxylic acids is 4. The molecule has 0 N–H and O–H groups in total. The van der Waals surface area contributed by atoms with Gasteiger partial charge in [0.2, 0.25) is 6.79 Å². The molecule has 0 radical (unpaired) electrons. The zero-order valence-electron chi connectivity index (χ0n) is 8.81. The van der Waals surface area contributed by atoms with Crippen LogP contribution in [-0.2, 0) is 23.9 Å². The van der Waals surface area contributed by atoms with Crippen LogP contribution in [0.3, 0.4) is 0 Å². The van der Waals surface area contributed by atoms with Crippen molar-refractivity contribution in [3.05, 3.63) is 0 Å². The van der Waals surface area contributed by atoms with E-state index in [2.05, 4.69) is 9.47 Å². The van der Waals surface area contributed by atoms with Gasteiger partial charge in [-0.25, -0.2) is 4.79 Å². The van der Waals surface area contributed by atoms with Crippen LogP contribution < -0.4 is 0 Å². The zero-order chi connectivity index (χ0) is 12.3. The molecule has 0 heterocycles. The Morgan fingerprint density at radius 3 is 2.07 bits per heavy atom. The second kappa shape index (κ2) is 10.2. The van der Waals surface area contributed by atoms with Crippen molar-refractivity contribution in [3.8, 4) is 0 Å². The Morgan fingerprint density at radius 2 is 1.73 bits per heavy atom.